The maximum atomic E-state index is 14.1. The molecule has 0 saturated carbocycles. The summed E-state index contributed by atoms with van der Waals surface area (Å²) in [5, 5.41) is 10.0. The number of halogens is 2. The number of thiazole rings is 1. The zero-order valence-corrected chi connectivity index (χ0v) is 18.7. The van der Waals surface area contributed by atoms with E-state index in [1.807, 2.05) is 11.8 Å². The van der Waals surface area contributed by atoms with E-state index in [0.717, 1.165) is 61.9 Å². The highest BCUT2D eigenvalue weighted by molar-refractivity contribution is 7.13. The molecule has 4 rings (SSSR count). The van der Waals surface area contributed by atoms with E-state index >= 15 is 0 Å². The Morgan fingerprint density at radius 3 is 2.84 bits per heavy atom. The molecular weight excluding hydrogens is 418 g/mol. The molecule has 0 bridgehead atoms. The summed E-state index contributed by atoms with van der Waals surface area (Å²) in [4.78, 5) is 13.8. The van der Waals surface area contributed by atoms with Crippen molar-refractivity contribution >= 4 is 28.1 Å². The van der Waals surface area contributed by atoms with Crippen LogP contribution >= 0.6 is 11.3 Å². The van der Waals surface area contributed by atoms with Crippen molar-refractivity contribution in [2.75, 3.05) is 49.1 Å². The second-order valence-electron chi connectivity index (χ2n) is 8.00. The summed E-state index contributed by atoms with van der Waals surface area (Å²) in [7, 11) is 0. The average molecular weight is 449 g/mol. The zero-order chi connectivity index (χ0) is 21.6. The molecule has 9 heteroatoms. The Kier molecular flexibility index (Phi) is 7.21. The van der Waals surface area contributed by atoms with Crippen LogP contribution in [0.15, 0.2) is 28.6 Å². The van der Waals surface area contributed by atoms with Gasteiger partial charge in [-0.1, -0.05) is 0 Å². The van der Waals surface area contributed by atoms with Crippen molar-refractivity contribution < 1.29 is 8.78 Å². The van der Waals surface area contributed by atoms with Gasteiger partial charge in [-0.3, -0.25) is 4.99 Å². The van der Waals surface area contributed by atoms with Crippen LogP contribution in [-0.4, -0.2) is 56.3 Å². The fourth-order valence-corrected chi connectivity index (χ4v) is 5.01. The number of nitrogens with zero attached hydrogens (tertiary/aromatic N) is 4. The quantitative estimate of drug-likeness (QED) is 0.502. The molecule has 0 radical (unpaired) electrons. The number of nitrogens with one attached hydrogen (secondary N) is 2. The van der Waals surface area contributed by atoms with Gasteiger partial charge in [-0.05, 0) is 38.3 Å². The molecule has 2 N–H and O–H groups in total. The number of guanidine groups is 1. The van der Waals surface area contributed by atoms with Crippen LogP contribution in [-0.2, 0) is 6.42 Å². The minimum absolute atomic E-state index is 0.156. The van der Waals surface area contributed by atoms with Gasteiger partial charge in [0.25, 0.3) is 0 Å². The molecule has 31 heavy (non-hydrogen) atoms. The van der Waals surface area contributed by atoms with E-state index in [2.05, 4.69) is 20.9 Å². The Morgan fingerprint density at radius 1 is 1.23 bits per heavy atom. The second kappa shape index (κ2) is 10.3. The third-order valence-electron chi connectivity index (χ3n) is 5.68. The van der Waals surface area contributed by atoms with Crippen LogP contribution in [0.25, 0.3) is 0 Å². The molecule has 1 aromatic heterocycles. The molecule has 1 unspecified atom stereocenters. The molecule has 2 aliphatic heterocycles. The predicted molar refractivity (Wildman–Crippen MR) is 123 cm³/mol. The number of hydrogen-bond acceptors (Lipinski definition) is 5. The number of rotatable bonds is 7. The molecule has 168 valence electrons. The fraction of sp³-hybridized carbons (Fsp3) is 0.545. The van der Waals surface area contributed by atoms with E-state index < -0.39 is 11.6 Å². The van der Waals surface area contributed by atoms with Gasteiger partial charge in [-0.25, -0.2) is 13.8 Å². The van der Waals surface area contributed by atoms with Gasteiger partial charge in [0, 0.05) is 63.2 Å². The maximum absolute atomic E-state index is 14.1. The largest absolute Gasteiger partial charge is 0.367 e. The first-order chi connectivity index (χ1) is 15.1. The Bertz CT molecular complexity index is 896. The van der Waals surface area contributed by atoms with E-state index in [1.165, 1.54) is 25.0 Å². The second-order valence-corrected chi connectivity index (χ2v) is 8.83. The molecule has 1 aromatic carbocycles. The Hall–Kier alpha value is -2.42. The molecule has 0 amide bonds. The lowest BCUT2D eigenvalue weighted by molar-refractivity contribution is 0.580. The first-order valence-corrected chi connectivity index (χ1v) is 11.9. The molecule has 0 spiro atoms. The molecule has 1 atom stereocenters. The van der Waals surface area contributed by atoms with E-state index in [9.17, 15) is 8.78 Å². The number of benzene rings is 1. The minimum Gasteiger partial charge on any atom is -0.367 e. The molecule has 0 aliphatic carbocycles. The summed E-state index contributed by atoms with van der Waals surface area (Å²) in [5.41, 5.74) is 1.54. The molecule has 3 heterocycles. The van der Waals surface area contributed by atoms with Crippen molar-refractivity contribution in [3.63, 3.8) is 0 Å². The third kappa shape index (κ3) is 5.64. The van der Waals surface area contributed by atoms with Gasteiger partial charge in [-0.15, -0.1) is 11.3 Å². The van der Waals surface area contributed by atoms with E-state index in [-0.39, 0.29) is 6.04 Å². The summed E-state index contributed by atoms with van der Waals surface area (Å²) in [6, 6.07) is 3.91. The maximum Gasteiger partial charge on any atom is 0.191 e. The summed E-state index contributed by atoms with van der Waals surface area (Å²) < 4.78 is 27.3. The highest BCUT2D eigenvalue weighted by Gasteiger charge is 2.25. The van der Waals surface area contributed by atoms with Crippen LogP contribution in [0.2, 0.25) is 0 Å². The van der Waals surface area contributed by atoms with Gasteiger partial charge < -0.3 is 20.4 Å². The number of hydrogen-bond donors (Lipinski definition) is 2. The average Bonchev–Trinajstić information content (AvgIpc) is 3.50. The van der Waals surface area contributed by atoms with Crippen molar-refractivity contribution in [2.24, 2.45) is 4.99 Å². The Balaban J connectivity index is 1.30. The predicted octanol–water partition coefficient (Wildman–Crippen LogP) is 3.40. The standard InChI is InChI=1S/C22H30F2N6S/c1-2-25-21(26-9-7-18-15-31-22(28-18)29-10-3-4-11-29)27-17-8-12-30(14-17)20-6-5-16(23)13-19(20)24/h5-6,13,15,17H,2-4,7-12,14H2,1H3,(H2,25,26,27). The van der Waals surface area contributed by atoms with Gasteiger partial charge in [0.1, 0.15) is 11.6 Å². The first kappa shape index (κ1) is 21.8. The van der Waals surface area contributed by atoms with Crippen molar-refractivity contribution in [3.05, 3.63) is 40.9 Å². The zero-order valence-electron chi connectivity index (χ0n) is 17.9. The summed E-state index contributed by atoms with van der Waals surface area (Å²) in [5.74, 6) is -0.300. The Labute approximate surface area is 186 Å². The lowest BCUT2D eigenvalue weighted by atomic mass is 10.2. The van der Waals surface area contributed by atoms with Crippen LogP contribution in [0.1, 0.15) is 31.9 Å². The van der Waals surface area contributed by atoms with E-state index in [4.69, 9.17) is 9.98 Å². The smallest absolute Gasteiger partial charge is 0.191 e. The van der Waals surface area contributed by atoms with Crippen LogP contribution in [0.4, 0.5) is 19.6 Å². The molecular formula is C22H30F2N6S. The monoisotopic (exact) mass is 448 g/mol. The molecule has 2 aromatic rings. The SMILES string of the molecule is CCNC(=NCCc1csc(N2CCCC2)n1)NC1CCN(c2ccc(F)cc2F)C1. The van der Waals surface area contributed by atoms with Gasteiger partial charge in [0.15, 0.2) is 11.1 Å². The molecule has 2 aliphatic rings. The first-order valence-electron chi connectivity index (χ1n) is 11.1. The normalized spacial score (nSPS) is 19.3. The lowest BCUT2D eigenvalue weighted by Crippen LogP contribution is -2.44. The molecule has 2 fully saturated rings. The molecule has 6 nitrogen and oxygen atoms in total. The summed E-state index contributed by atoms with van der Waals surface area (Å²) in [6.45, 7) is 7.05. The van der Waals surface area contributed by atoms with Crippen LogP contribution in [0.5, 0.6) is 0 Å². The van der Waals surface area contributed by atoms with Crippen molar-refractivity contribution in [1.29, 1.82) is 0 Å². The molecule has 2 saturated heterocycles. The number of anilines is 2. The van der Waals surface area contributed by atoms with Crippen molar-refractivity contribution in [2.45, 2.75) is 38.6 Å². The van der Waals surface area contributed by atoms with Gasteiger partial charge in [0.05, 0.1) is 11.4 Å². The fourth-order valence-electron chi connectivity index (χ4n) is 4.10. The van der Waals surface area contributed by atoms with Crippen LogP contribution in [0.3, 0.4) is 0 Å². The van der Waals surface area contributed by atoms with Crippen molar-refractivity contribution in [3.8, 4) is 0 Å². The topological polar surface area (TPSA) is 55.8 Å². The van der Waals surface area contributed by atoms with Gasteiger partial charge in [-0.2, -0.15) is 0 Å². The summed E-state index contributed by atoms with van der Waals surface area (Å²) in [6.07, 6.45) is 4.18. The number of aromatic nitrogens is 1. The summed E-state index contributed by atoms with van der Waals surface area (Å²) >= 11 is 1.72. The Morgan fingerprint density at radius 2 is 2.06 bits per heavy atom. The van der Waals surface area contributed by atoms with Crippen LogP contribution < -0.4 is 20.4 Å². The van der Waals surface area contributed by atoms with Crippen molar-refractivity contribution in [1.82, 2.24) is 15.6 Å². The highest BCUT2D eigenvalue weighted by Crippen LogP contribution is 2.25. The third-order valence-corrected chi connectivity index (χ3v) is 6.63. The van der Waals surface area contributed by atoms with E-state index in [1.54, 1.807) is 11.3 Å². The minimum atomic E-state index is -0.552. The highest BCUT2D eigenvalue weighted by atomic mass is 32.1. The van der Waals surface area contributed by atoms with E-state index in [0.29, 0.717) is 18.8 Å². The van der Waals surface area contributed by atoms with Gasteiger partial charge >= 0.3 is 0 Å². The number of aliphatic imine (C=N–C) groups is 1. The van der Waals surface area contributed by atoms with Crippen LogP contribution in [0, 0.1) is 11.6 Å². The van der Waals surface area contributed by atoms with Gasteiger partial charge in [0.2, 0.25) is 0 Å². The lowest BCUT2D eigenvalue weighted by Gasteiger charge is -2.21.